The molecule has 0 saturated heterocycles. The van der Waals surface area contributed by atoms with E-state index in [0.717, 1.165) is 25.7 Å². The number of hydrogen-bond donors (Lipinski definition) is 3. The van der Waals surface area contributed by atoms with E-state index in [1.54, 1.807) is 0 Å². The van der Waals surface area contributed by atoms with E-state index in [0.29, 0.717) is 0 Å². The Balaban J connectivity index is 2.31. The average molecular weight is 218 g/mol. The molecule has 5 nitrogen and oxygen atoms in total. The van der Waals surface area contributed by atoms with Gasteiger partial charge in [0.15, 0.2) is 0 Å². The lowest BCUT2D eigenvalue weighted by Crippen LogP contribution is -2.40. The van der Waals surface area contributed by atoms with Gasteiger partial charge in [-0.15, -0.1) is 0 Å². The first-order chi connectivity index (χ1) is 7.24. The minimum absolute atomic E-state index is 0.0348. The minimum atomic E-state index is -0.552. The Bertz CT molecular complexity index is 212. The van der Waals surface area contributed by atoms with Crippen LogP contribution in [0.5, 0.6) is 0 Å². The van der Waals surface area contributed by atoms with Gasteiger partial charge in [-0.25, -0.2) is 14.9 Å². The normalized spacial score (nSPS) is 27.7. The number of alkyl halides is 1. The van der Waals surface area contributed by atoms with Crippen LogP contribution in [-0.4, -0.2) is 31.3 Å². The zero-order valence-electron chi connectivity index (χ0n) is 8.79. The second-order valence-corrected chi connectivity index (χ2v) is 3.67. The van der Waals surface area contributed by atoms with Gasteiger partial charge in [0.1, 0.15) is 13.3 Å². The molecule has 1 aliphatic carbocycles. The van der Waals surface area contributed by atoms with Crippen LogP contribution in [-0.2, 0) is 4.84 Å². The number of aliphatic imine (C=N–C) groups is 1. The molecule has 0 aromatic rings. The molecule has 0 unspecified atom stereocenters. The van der Waals surface area contributed by atoms with E-state index in [2.05, 4.69) is 10.5 Å². The van der Waals surface area contributed by atoms with Crippen LogP contribution in [0, 0.1) is 0 Å². The topological polar surface area (TPSA) is 85.7 Å². The van der Waals surface area contributed by atoms with Gasteiger partial charge < -0.3 is 11.5 Å². The van der Waals surface area contributed by atoms with Gasteiger partial charge >= 0.3 is 0 Å². The predicted octanol–water partition coefficient (Wildman–Crippen LogP) is 0.0617. The van der Waals surface area contributed by atoms with Crippen molar-refractivity contribution in [2.24, 2.45) is 16.5 Å². The number of guanidine groups is 1. The standard InChI is InChI=1S/C9H19FN4O/c10-5-6-15-14-9(12)13-8-4-2-1-3-7(8)11/h7-8H,1-6,11H2,(H3,12,13,14)/t7-,8+/m0/s1. The van der Waals surface area contributed by atoms with Crippen molar-refractivity contribution in [1.29, 1.82) is 0 Å². The van der Waals surface area contributed by atoms with Gasteiger partial charge in [0, 0.05) is 6.04 Å². The highest BCUT2D eigenvalue weighted by Crippen LogP contribution is 2.19. The fraction of sp³-hybridized carbons (Fsp3) is 0.889. The summed E-state index contributed by atoms with van der Waals surface area (Å²) >= 11 is 0. The van der Waals surface area contributed by atoms with Crippen molar-refractivity contribution in [3.05, 3.63) is 0 Å². The maximum absolute atomic E-state index is 11.7. The van der Waals surface area contributed by atoms with Gasteiger partial charge in [-0.05, 0) is 12.8 Å². The monoisotopic (exact) mass is 218 g/mol. The Hall–Kier alpha value is -0.880. The van der Waals surface area contributed by atoms with Crippen molar-refractivity contribution in [2.45, 2.75) is 37.8 Å². The lowest BCUT2D eigenvalue weighted by molar-refractivity contribution is 0.0721. The third kappa shape index (κ3) is 4.44. The van der Waals surface area contributed by atoms with Crippen LogP contribution in [0.4, 0.5) is 4.39 Å². The highest BCUT2D eigenvalue weighted by atomic mass is 19.1. The minimum Gasteiger partial charge on any atom is -0.368 e. The van der Waals surface area contributed by atoms with Gasteiger partial charge in [-0.1, -0.05) is 12.8 Å². The average Bonchev–Trinajstić information content (AvgIpc) is 2.22. The Morgan fingerprint density at radius 1 is 1.47 bits per heavy atom. The lowest BCUT2D eigenvalue weighted by Gasteiger charge is -2.25. The maximum Gasteiger partial charge on any atom is 0.213 e. The molecule has 5 N–H and O–H groups in total. The quantitative estimate of drug-likeness (QED) is 0.269. The van der Waals surface area contributed by atoms with Crippen LogP contribution in [0.25, 0.3) is 0 Å². The second-order valence-electron chi connectivity index (χ2n) is 3.67. The number of nitrogens with two attached hydrogens (primary N) is 2. The molecule has 0 aromatic heterocycles. The SMILES string of the molecule is NC(=N[C@@H]1CCCC[C@@H]1N)NOCCF. The zero-order valence-corrected chi connectivity index (χ0v) is 8.79. The first-order valence-electron chi connectivity index (χ1n) is 5.26. The lowest BCUT2D eigenvalue weighted by atomic mass is 9.91. The molecule has 0 heterocycles. The molecular weight excluding hydrogens is 199 g/mol. The second kappa shape index (κ2) is 6.58. The van der Waals surface area contributed by atoms with E-state index in [1.807, 2.05) is 0 Å². The molecule has 1 saturated carbocycles. The molecule has 0 bridgehead atoms. The molecule has 15 heavy (non-hydrogen) atoms. The van der Waals surface area contributed by atoms with Gasteiger partial charge in [0.25, 0.3) is 0 Å². The molecule has 2 atom stereocenters. The van der Waals surface area contributed by atoms with Crippen molar-refractivity contribution in [1.82, 2.24) is 5.48 Å². The molecule has 0 aromatic carbocycles. The first-order valence-corrected chi connectivity index (χ1v) is 5.26. The number of halogens is 1. The van der Waals surface area contributed by atoms with Gasteiger partial charge in [-0.2, -0.15) is 0 Å². The molecule has 1 rings (SSSR count). The van der Waals surface area contributed by atoms with E-state index in [1.165, 1.54) is 0 Å². The Morgan fingerprint density at radius 2 is 2.20 bits per heavy atom. The van der Waals surface area contributed by atoms with Crippen molar-refractivity contribution < 1.29 is 9.23 Å². The summed E-state index contributed by atoms with van der Waals surface area (Å²) in [6, 6.07) is 0.125. The molecule has 0 amide bonds. The van der Waals surface area contributed by atoms with Crippen LogP contribution < -0.4 is 16.9 Å². The zero-order chi connectivity index (χ0) is 11.1. The van der Waals surface area contributed by atoms with Gasteiger partial charge in [0.05, 0.1) is 6.04 Å². The fourth-order valence-electron chi connectivity index (χ4n) is 1.67. The largest absolute Gasteiger partial charge is 0.368 e. The van der Waals surface area contributed by atoms with Crippen LogP contribution in [0.3, 0.4) is 0 Å². The summed E-state index contributed by atoms with van der Waals surface area (Å²) in [5.41, 5.74) is 13.8. The summed E-state index contributed by atoms with van der Waals surface area (Å²) in [6.07, 6.45) is 4.21. The number of hydroxylamine groups is 1. The molecule has 88 valence electrons. The summed E-state index contributed by atoms with van der Waals surface area (Å²) in [4.78, 5) is 8.90. The van der Waals surface area contributed by atoms with Crippen molar-refractivity contribution >= 4 is 5.96 Å². The number of hydrogen-bond acceptors (Lipinski definition) is 3. The molecule has 1 aliphatic rings. The third-order valence-corrected chi connectivity index (χ3v) is 2.44. The van der Waals surface area contributed by atoms with Crippen LogP contribution in [0.15, 0.2) is 4.99 Å². The molecular formula is C9H19FN4O. The maximum atomic E-state index is 11.7. The van der Waals surface area contributed by atoms with Crippen molar-refractivity contribution in [3.63, 3.8) is 0 Å². The van der Waals surface area contributed by atoms with Crippen molar-refractivity contribution in [3.8, 4) is 0 Å². The van der Waals surface area contributed by atoms with Crippen molar-refractivity contribution in [2.75, 3.05) is 13.3 Å². The highest BCUT2D eigenvalue weighted by Gasteiger charge is 2.21. The molecule has 1 fully saturated rings. The van der Waals surface area contributed by atoms with E-state index in [4.69, 9.17) is 16.3 Å². The molecule has 0 aliphatic heterocycles. The fourth-order valence-corrected chi connectivity index (χ4v) is 1.67. The summed E-state index contributed by atoms with van der Waals surface area (Å²) in [7, 11) is 0. The summed E-state index contributed by atoms with van der Waals surface area (Å²) in [5.74, 6) is 0.172. The number of nitrogens with one attached hydrogen (secondary N) is 1. The number of nitrogens with zero attached hydrogens (tertiary/aromatic N) is 1. The first kappa shape index (κ1) is 12.2. The Kier molecular flexibility index (Phi) is 5.34. The summed E-state index contributed by atoms with van der Waals surface area (Å²) in [6.45, 7) is -0.587. The van der Waals surface area contributed by atoms with Gasteiger partial charge in [-0.3, -0.25) is 4.84 Å². The Morgan fingerprint density at radius 3 is 2.87 bits per heavy atom. The van der Waals surface area contributed by atoms with E-state index in [9.17, 15) is 4.39 Å². The smallest absolute Gasteiger partial charge is 0.213 e. The molecule has 6 heteroatoms. The highest BCUT2D eigenvalue weighted by molar-refractivity contribution is 5.76. The summed E-state index contributed by atoms with van der Waals surface area (Å²) < 4.78 is 11.7. The molecule has 0 radical (unpaired) electrons. The van der Waals surface area contributed by atoms with Crippen LogP contribution >= 0.6 is 0 Å². The van der Waals surface area contributed by atoms with E-state index in [-0.39, 0.29) is 24.7 Å². The van der Waals surface area contributed by atoms with E-state index < -0.39 is 6.67 Å². The van der Waals surface area contributed by atoms with Gasteiger partial charge in [0.2, 0.25) is 5.96 Å². The predicted molar refractivity (Wildman–Crippen MR) is 56.9 cm³/mol. The third-order valence-electron chi connectivity index (χ3n) is 2.44. The Labute approximate surface area is 89.0 Å². The number of rotatable bonds is 4. The molecule has 0 spiro atoms. The summed E-state index contributed by atoms with van der Waals surface area (Å²) in [5, 5.41) is 0. The van der Waals surface area contributed by atoms with Crippen LogP contribution in [0.2, 0.25) is 0 Å². The van der Waals surface area contributed by atoms with E-state index >= 15 is 0 Å². The van der Waals surface area contributed by atoms with Crippen LogP contribution in [0.1, 0.15) is 25.7 Å².